The molecule has 5 nitrogen and oxygen atoms in total. The van der Waals surface area contributed by atoms with Crippen LogP contribution in [0, 0.1) is 5.92 Å². The topological polar surface area (TPSA) is 75.3 Å². The molecule has 1 aromatic rings. The SMILES string of the molecule is CC(C)NS(=O)(=O)Cc1ccc(CNC(=O)[C@@H]2CC=CCC2)cc1. The number of sulfonamides is 1. The molecule has 1 aromatic carbocycles. The van der Waals surface area contributed by atoms with Gasteiger partial charge in [0.25, 0.3) is 0 Å². The van der Waals surface area contributed by atoms with Gasteiger partial charge in [0.15, 0.2) is 0 Å². The van der Waals surface area contributed by atoms with E-state index in [0.29, 0.717) is 6.54 Å². The number of hydrogen-bond donors (Lipinski definition) is 2. The molecule has 132 valence electrons. The third-order valence-corrected chi connectivity index (χ3v) is 5.45. The second kappa shape index (κ2) is 8.44. The molecule has 1 atom stereocenters. The average Bonchev–Trinajstić information content (AvgIpc) is 2.53. The van der Waals surface area contributed by atoms with E-state index in [1.807, 2.05) is 12.1 Å². The van der Waals surface area contributed by atoms with Gasteiger partial charge in [-0.05, 0) is 44.2 Å². The molecule has 0 bridgehead atoms. The fourth-order valence-corrected chi connectivity index (χ4v) is 4.17. The zero-order chi connectivity index (χ0) is 17.6. The third-order valence-electron chi connectivity index (χ3n) is 3.90. The minimum absolute atomic E-state index is 0.0355. The van der Waals surface area contributed by atoms with E-state index >= 15 is 0 Å². The smallest absolute Gasteiger partial charge is 0.223 e. The Morgan fingerprint density at radius 2 is 1.83 bits per heavy atom. The van der Waals surface area contributed by atoms with Crippen LogP contribution < -0.4 is 10.0 Å². The molecule has 0 aliphatic heterocycles. The van der Waals surface area contributed by atoms with E-state index < -0.39 is 10.0 Å². The molecule has 0 radical (unpaired) electrons. The maximum Gasteiger partial charge on any atom is 0.223 e. The van der Waals surface area contributed by atoms with Gasteiger partial charge in [-0.3, -0.25) is 4.79 Å². The van der Waals surface area contributed by atoms with Gasteiger partial charge in [-0.1, -0.05) is 36.4 Å². The first-order chi connectivity index (χ1) is 11.4. The maximum atomic E-state index is 12.1. The van der Waals surface area contributed by atoms with E-state index in [1.54, 1.807) is 26.0 Å². The summed E-state index contributed by atoms with van der Waals surface area (Å²) in [6.07, 6.45) is 6.86. The molecule has 0 unspecified atom stereocenters. The molecule has 1 aliphatic rings. The second-order valence-corrected chi connectivity index (χ2v) is 8.30. The number of benzene rings is 1. The van der Waals surface area contributed by atoms with Crippen LogP contribution in [0.2, 0.25) is 0 Å². The Labute approximate surface area is 144 Å². The van der Waals surface area contributed by atoms with Crippen LogP contribution in [0.3, 0.4) is 0 Å². The molecular weight excluding hydrogens is 324 g/mol. The Kier molecular flexibility index (Phi) is 6.57. The van der Waals surface area contributed by atoms with Crippen LogP contribution in [0.1, 0.15) is 44.2 Å². The minimum atomic E-state index is -3.31. The first kappa shape index (κ1) is 18.7. The molecule has 0 spiro atoms. The highest BCUT2D eigenvalue weighted by Gasteiger charge is 2.18. The molecule has 2 N–H and O–H groups in total. The van der Waals surface area contributed by atoms with Crippen LogP contribution in [0.4, 0.5) is 0 Å². The summed E-state index contributed by atoms with van der Waals surface area (Å²) >= 11 is 0. The van der Waals surface area contributed by atoms with E-state index in [9.17, 15) is 13.2 Å². The molecule has 6 heteroatoms. The lowest BCUT2D eigenvalue weighted by molar-refractivity contribution is -0.125. The van der Waals surface area contributed by atoms with Crippen LogP contribution in [-0.2, 0) is 27.1 Å². The van der Waals surface area contributed by atoms with Crippen molar-refractivity contribution < 1.29 is 13.2 Å². The van der Waals surface area contributed by atoms with Gasteiger partial charge in [0.2, 0.25) is 15.9 Å². The quantitative estimate of drug-likeness (QED) is 0.742. The number of hydrogen-bond acceptors (Lipinski definition) is 3. The van der Waals surface area contributed by atoms with Crippen molar-refractivity contribution in [3.63, 3.8) is 0 Å². The van der Waals surface area contributed by atoms with Crippen LogP contribution in [0.15, 0.2) is 36.4 Å². The number of amides is 1. The number of carbonyl (C=O) groups is 1. The Bertz CT molecular complexity index is 679. The lowest BCUT2D eigenvalue weighted by atomic mass is 9.93. The number of nitrogens with one attached hydrogen (secondary N) is 2. The van der Waals surface area contributed by atoms with Gasteiger partial charge >= 0.3 is 0 Å². The Morgan fingerprint density at radius 1 is 1.17 bits per heavy atom. The molecule has 0 aromatic heterocycles. The van der Waals surface area contributed by atoms with Crippen LogP contribution in [-0.4, -0.2) is 20.4 Å². The van der Waals surface area contributed by atoms with Crippen molar-refractivity contribution in [2.45, 2.75) is 51.4 Å². The predicted octanol–water partition coefficient (Wildman–Crippen LogP) is 2.49. The Morgan fingerprint density at radius 3 is 2.42 bits per heavy atom. The molecule has 1 aliphatic carbocycles. The summed E-state index contributed by atoms with van der Waals surface area (Å²) in [4.78, 5) is 12.1. The van der Waals surface area contributed by atoms with Gasteiger partial charge in [0.05, 0.1) is 5.75 Å². The highest BCUT2D eigenvalue weighted by atomic mass is 32.2. The predicted molar refractivity (Wildman–Crippen MR) is 95.7 cm³/mol. The van der Waals surface area contributed by atoms with Crippen LogP contribution in [0.5, 0.6) is 0 Å². The summed E-state index contributed by atoms with van der Waals surface area (Å²) in [6.45, 7) is 4.06. The highest BCUT2D eigenvalue weighted by molar-refractivity contribution is 7.88. The van der Waals surface area contributed by atoms with Crippen molar-refractivity contribution in [2.75, 3.05) is 0 Å². The molecule has 1 amide bonds. The summed E-state index contributed by atoms with van der Waals surface area (Å²) in [5.74, 6) is 0.125. The van der Waals surface area contributed by atoms with E-state index in [-0.39, 0.29) is 23.6 Å². The fourth-order valence-electron chi connectivity index (χ4n) is 2.74. The standard InChI is InChI=1S/C18H26N2O3S/c1-14(2)20-24(22,23)13-16-10-8-15(9-11-16)12-19-18(21)17-6-4-3-5-7-17/h3-4,8-11,14,17,20H,5-7,12-13H2,1-2H3,(H,19,21)/t17-/m1/s1. The highest BCUT2D eigenvalue weighted by Crippen LogP contribution is 2.18. The maximum absolute atomic E-state index is 12.1. The van der Waals surface area contributed by atoms with E-state index in [1.165, 1.54) is 0 Å². The third kappa shape index (κ3) is 6.09. The summed E-state index contributed by atoms with van der Waals surface area (Å²) < 4.78 is 26.4. The monoisotopic (exact) mass is 350 g/mol. The molecular formula is C18H26N2O3S. The van der Waals surface area contributed by atoms with Crippen molar-refractivity contribution in [2.24, 2.45) is 5.92 Å². The van der Waals surface area contributed by atoms with E-state index in [4.69, 9.17) is 0 Å². The summed E-state index contributed by atoms with van der Waals surface area (Å²) in [5.41, 5.74) is 1.70. The number of rotatable bonds is 7. The summed E-state index contributed by atoms with van der Waals surface area (Å²) in [7, 11) is -3.31. The van der Waals surface area contributed by atoms with Gasteiger partial charge in [-0.2, -0.15) is 0 Å². The lowest BCUT2D eigenvalue weighted by Gasteiger charge is -2.17. The number of carbonyl (C=O) groups excluding carboxylic acids is 1. The van der Waals surface area contributed by atoms with Crippen molar-refractivity contribution in [1.82, 2.24) is 10.0 Å². The molecule has 2 rings (SSSR count). The Balaban J connectivity index is 1.85. The zero-order valence-electron chi connectivity index (χ0n) is 14.3. The van der Waals surface area contributed by atoms with Crippen molar-refractivity contribution in [3.8, 4) is 0 Å². The molecule has 0 heterocycles. The lowest BCUT2D eigenvalue weighted by Crippen LogP contribution is -2.31. The molecule has 0 saturated heterocycles. The van der Waals surface area contributed by atoms with Crippen molar-refractivity contribution >= 4 is 15.9 Å². The van der Waals surface area contributed by atoms with E-state index in [0.717, 1.165) is 30.4 Å². The van der Waals surface area contributed by atoms with Gasteiger partial charge < -0.3 is 5.32 Å². The zero-order valence-corrected chi connectivity index (χ0v) is 15.1. The first-order valence-electron chi connectivity index (χ1n) is 8.36. The number of allylic oxidation sites excluding steroid dienone is 2. The van der Waals surface area contributed by atoms with Gasteiger partial charge in [0.1, 0.15) is 0 Å². The molecule has 0 saturated carbocycles. The summed E-state index contributed by atoms with van der Waals surface area (Å²) in [6, 6.07) is 7.20. The largest absolute Gasteiger partial charge is 0.352 e. The fraction of sp³-hybridized carbons (Fsp3) is 0.500. The van der Waals surface area contributed by atoms with Crippen LogP contribution >= 0.6 is 0 Å². The van der Waals surface area contributed by atoms with Gasteiger partial charge in [-0.25, -0.2) is 13.1 Å². The van der Waals surface area contributed by atoms with E-state index in [2.05, 4.69) is 22.2 Å². The molecule has 0 fully saturated rings. The molecule has 24 heavy (non-hydrogen) atoms. The first-order valence-corrected chi connectivity index (χ1v) is 10.0. The minimum Gasteiger partial charge on any atom is -0.352 e. The van der Waals surface area contributed by atoms with Gasteiger partial charge in [0, 0.05) is 18.5 Å². The normalized spacial score (nSPS) is 17.9. The van der Waals surface area contributed by atoms with Crippen molar-refractivity contribution in [1.29, 1.82) is 0 Å². The second-order valence-electron chi connectivity index (χ2n) is 6.55. The van der Waals surface area contributed by atoms with Gasteiger partial charge in [-0.15, -0.1) is 0 Å². The Hall–Kier alpha value is -1.66. The summed E-state index contributed by atoms with van der Waals surface area (Å²) in [5, 5.41) is 2.96. The average molecular weight is 350 g/mol. The van der Waals surface area contributed by atoms with Crippen LogP contribution in [0.25, 0.3) is 0 Å². The van der Waals surface area contributed by atoms with Crippen molar-refractivity contribution in [3.05, 3.63) is 47.5 Å².